The summed E-state index contributed by atoms with van der Waals surface area (Å²) in [5.74, 6) is 0.0170. The third-order valence-electron chi connectivity index (χ3n) is 2.57. The lowest BCUT2D eigenvalue weighted by Gasteiger charge is -2.11. The molecule has 0 aliphatic heterocycles. The molecule has 1 heterocycles. The predicted octanol–water partition coefficient (Wildman–Crippen LogP) is 0.419. The summed E-state index contributed by atoms with van der Waals surface area (Å²) in [6.45, 7) is 5.74. The van der Waals surface area contributed by atoms with Crippen LogP contribution in [0.1, 0.15) is 33.1 Å². The van der Waals surface area contributed by atoms with Gasteiger partial charge in [0.15, 0.2) is 0 Å². The van der Waals surface area contributed by atoms with Crippen molar-refractivity contribution in [2.45, 2.75) is 50.1 Å². The number of thioether (sulfide) groups is 1. The van der Waals surface area contributed by atoms with Crippen LogP contribution in [-0.4, -0.2) is 44.5 Å². The van der Waals surface area contributed by atoms with Crippen LogP contribution in [-0.2, 0) is 11.3 Å². The van der Waals surface area contributed by atoms with E-state index in [4.69, 9.17) is 5.73 Å². The molecular formula is C11H22N6OS. The Balaban J connectivity index is 2.38. The van der Waals surface area contributed by atoms with Crippen molar-refractivity contribution in [3.8, 4) is 0 Å². The molecule has 0 aromatic carbocycles. The van der Waals surface area contributed by atoms with Crippen LogP contribution < -0.4 is 11.1 Å². The quantitative estimate of drug-likeness (QED) is 0.504. The number of carbonyl (C=O) groups excluding carboxylic acids is 1. The van der Waals surface area contributed by atoms with Gasteiger partial charge in [0.1, 0.15) is 0 Å². The Morgan fingerprint density at radius 1 is 1.53 bits per heavy atom. The van der Waals surface area contributed by atoms with Gasteiger partial charge in [0.25, 0.3) is 0 Å². The number of amides is 1. The number of nitrogens with zero attached hydrogens (tertiary/aromatic N) is 4. The van der Waals surface area contributed by atoms with Crippen molar-refractivity contribution >= 4 is 17.7 Å². The summed E-state index contributed by atoms with van der Waals surface area (Å²) in [4.78, 5) is 11.9. The maximum absolute atomic E-state index is 11.9. The third kappa shape index (κ3) is 5.56. The van der Waals surface area contributed by atoms with Gasteiger partial charge < -0.3 is 11.1 Å². The summed E-state index contributed by atoms with van der Waals surface area (Å²) < 4.78 is 1.62. The molecule has 0 saturated carbocycles. The van der Waals surface area contributed by atoms with E-state index in [-0.39, 0.29) is 11.2 Å². The van der Waals surface area contributed by atoms with Gasteiger partial charge in [0, 0.05) is 13.1 Å². The smallest absolute Gasteiger partial charge is 0.233 e. The van der Waals surface area contributed by atoms with Gasteiger partial charge in [-0.3, -0.25) is 4.79 Å². The molecule has 1 unspecified atom stereocenters. The summed E-state index contributed by atoms with van der Waals surface area (Å²) in [6.07, 6.45) is 3.30. The molecule has 0 radical (unpaired) electrons. The minimum atomic E-state index is -0.218. The van der Waals surface area contributed by atoms with Crippen LogP contribution in [0.4, 0.5) is 0 Å². The fourth-order valence-electron chi connectivity index (χ4n) is 1.49. The van der Waals surface area contributed by atoms with Gasteiger partial charge in [0.2, 0.25) is 11.1 Å². The summed E-state index contributed by atoms with van der Waals surface area (Å²) in [6, 6.07) is 0. The molecule has 1 atom stereocenters. The van der Waals surface area contributed by atoms with Crippen molar-refractivity contribution in [3.05, 3.63) is 0 Å². The van der Waals surface area contributed by atoms with Crippen LogP contribution in [0.15, 0.2) is 5.16 Å². The molecule has 1 aromatic heterocycles. The number of tetrazole rings is 1. The maximum Gasteiger partial charge on any atom is 0.233 e. The molecule has 19 heavy (non-hydrogen) atoms. The minimum absolute atomic E-state index is 0.0170. The zero-order chi connectivity index (χ0) is 14.1. The van der Waals surface area contributed by atoms with E-state index < -0.39 is 0 Å². The first kappa shape index (κ1) is 15.9. The Labute approximate surface area is 117 Å². The zero-order valence-corrected chi connectivity index (χ0v) is 12.3. The van der Waals surface area contributed by atoms with Gasteiger partial charge in [-0.1, -0.05) is 31.5 Å². The number of rotatable bonds is 9. The fourth-order valence-corrected chi connectivity index (χ4v) is 2.33. The van der Waals surface area contributed by atoms with Crippen molar-refractivity contribution in [3.63, 3.8) is 0 Å². The first-order valence-corrected chi connectivity index (χ1v) is 7.47. The Hall–Kier alpha value is -1.15. The Morgan fingerprint density at radius 2 is 2.32 bits per heavy atom. The second kappa shape index (κ2) is 8.87. The van der Waals surface area contributed by atoms with Crippen LogP contribution in [0.5, 0.6) is 0 Å². The number of hydrogen-bond donors (Lipinski definition) is 2. The van der Waals surface area contributed by atoms with E-state index in [1.165, 1.54) is 11.8 Å². The molecule has 1 rings (SSSR count). The monoisotopic (exact) mass is 286 g/mol. The molecule has 0 aliphatic carbocycles. The van der Waals surface area contributed by atoms with Gasteiger partial charge in [0.05, 0.1) is 11.8 Å². The van der Waals surface area contributed by atoms with Crippen molar-refractivity contribution in [2.24, 2.45) is 5.73 Å². The second-order valence-electron chi connectivity index (χ2n) is 4.23. The highest BCUT2D eigenvalue weighted by Gasteiger charge is 2.17. The average molecular weight is 286 g/mol. The fraction of sp³-hybridized carbons (Fsp3) is 0.818. The van der Waals surface area contributed by atoms with E-state index in [2.05, 4.69) is 27.8 Å². The molecule has 1 aromatic rings. The second-order valence-corrected chi connectivity index (χ2v) is 5.54. The van der Waals surface area contributed by atoms with Crippen LogP contribution in [0.2, 0.25) is 0 Å². The van der Waals surface area contributed by atoms with Gasteiger partial charge >= 0.3 is 0 Å². The van der Waals surface area contributed by atoms with Crippen LogP contribution in [0.3, 0.4) is 0 Å². The van der Waals surface area contributed by atoms with Crippen molar-refractivity contribution in [1.82, 2.24) is 25.5 Å². The van der Waals surface area contributed by atoms with Crippen LogP contribution in [0.25, 0.3) is 0 Å². The number of nitrogens with two attached hydrogens (primary N) is 1. The van der Waals surface area contributed by atoms with E-state index in [1.54, 1.807) is 4.68 Å². The van der Waals surface area contributed by atoms with E-state index in [1.807, 2.05) is 6.92 Å². The highest BCUT2D eigenvalue weighted by Crippen LogP contribution is 2.19. The number of nitrogens with one attached hydrogen (secondary N) is 1. The lowest BCUT2D eigenvalue weighted by Crippen LogP contribution is -2.31. The topological polar surface area (TPSA) is 98.7 Å². The SMILES string of the molecule is CCCCCNC(=O)C(C)Sc1nnnn1CCN. The lowest BCUT2D eigenvalue weighted by molar-refractivity contribution is -0.120. The van der Waals surface area contributed by atoms with E-state index >= 15 is 0 Å². The first-order valence-electron chi connectivity index (χ1n) is 6.59. The molecule has 0 saturated heterocycles. The number of hydrogen-bond acceptors (Lipinski definition) is 6. The lowest BCUT2D eigenvalue weighted by atomic mass is 10.2. The van der Waals surface area contributed by atoms with Crippen molar-refractivity contribution in [2.75, 3.05) is 13.1 Å². The summed E-state index contributed by atoms with van der Waals surface area (Å²) in [7, 11) is 0. The molecule has 0 aliphatic rings. The number of carbonyl (C=O) groups is 1. The zero-order valence-electron chi connectivity index (χ0n) is 11.5. The molecule has 3 N–H and O–H groups in total. The highest BCUT2D eigenvalue weighted by molar-refractivity contribution is 8.00. The number of unbranched alkanes of at least 4 members (excludes halogenated alkanes) is 2. The van der Waals surface area contributed by atoms with E-state index in [9.17, 15) is 4.79 Å². The molecule has 0 spiro atoms. The van der Waals surface area contributed by atoms with Gasteiger partial charge in [-0.2, -0.15) is 0 Å². The Bertz CT molecular complexity index is 383. The average Bonchev–Trinajstić information content (AvgIpc) is 2.82. The first-order chi connectivity index (χ1) is 9.19. The van der Waals surface area contributed by atoms with Gasteiger partial charge in [-0.05, 0) is 23.8 Å². The van der Waals surface area contributed by atoms with Crippen molar-refractivity contribution < 1.29 is 4.79 Å². The normalized spacial score (nSPS) is 12.4. The van der Waals surface area contributed by atoms with Gasteiger partial charge in [-0.25, -0.2) is 4.68 Å². The minimum Gasteiger partial charge on any atom is -0.355 e. The van der Waals surface area contributed by atoms with Crippen LogP contribution >= 0.6 is 11.8 Å². The third-order valence-corrected chi connectivity index (χ3v) is 3.64. The standard InChI is InChI=1S/C11H22N6OS/c1-3-4-5-7-13-10(18)9(2)19-11-14-15-16-17(11)8-6-12/h9H,3-8,12H2,1-2H3,(H,13,18). The summed E-state index contributed by atoms with van der Waals surface area (Å²) in [5.41, 5.74) is 5.47. The van der Waals surface area contributed by atoms with Gasteiger partial charge in [-0.15, -0.1) is 5.10 Å². The van der Waals surface area contributed by atoms with Crippen molar-refractivity contribution in [1.29, 1.82) is 0 Å². The maximum atomic E-state index is 11.9. The molecule has 1 amide bonds. The summed E-state index contributed by atoms with van der Waals surface area (Å²) in [5, 5.41) is 14.6. The summed E-state index contributed by atoms with van der Waals surface area (Å²) >= 11 is 1.35. The molecule has 0 bridgehead atoms. The van der Waals surface area contributed by atoms with Crippen LogP contribution in [0, 0.1) is 0 Å². The molecule has 0 fully saturated rings. The largest absolute Gasteiger partial charge is 0.355 e. The Kier molecular flexibility index (Phi) is 7.42. The highest BCUT2D eigenvalue weighted by atomic mass is 32.2. The Morgan fingerprint density at radius 3 is 3.00 bits per heavy atom. The molecule has 8 heteroatoms. The molecular weight excluding hydrogens is 264 g/mol. The molecule has 7 nitrogen and oxygen atoms in total. The predicted molar refractivity (Wildman–Crippen MR) is 74.7 cm³/mol. The molecule has 108 valence electrons. The van der Waals surface area contributed by atoms with E-state index in [0.717, 1.165) is 25.8 Å². The number of aromatic nitrogens is 4. The van der Waals surface area contributed by atoms with E-state index in [0.29, 0.717) is 18.2 Å².